The Morgan fingerprint density at radius 1 is 1.15 bits per heavy atom. The summed E-state index contributed by atoms with van der Waals surface area (Å²) in [6.07, 6.45) is -1.09. The summed E-state index contributed by atoms with van der Waals surface area (Å²) < 4.78 is 14.0. The molecule has 2 heterocycles. The van der Waals surface area contributed by atoms with Crippen molar-refractivity contribution in [1.29, 1.82) is 0 Å². The number of hydrogen-bond donors (Lipinski definition) is 1. The van der Waals surface area contributed by atoms with E-state index in [2.05, 4.69) is 53.8 Å². The normalized spacial score (nSPS) is 14.7. The monoisotopic (exact) mass is 450 g/mol. The lowest BCUT2D eigenvalue weighted by molar-refractivity contribution is -0.160. The van der Waals surface area contributed by atoms with E-state index in [0.717, 1.165) is 63.2 Å². The van der Waals surface area contributed by atoms with Gasteiger partial charge < -0.3 is 24.0 Å². The molecule has 33 heavy (non-hydrogen) atoms. The molecule has 6 heteroatoms. The molecule has 176 valence electrons. The van der Waals surface area contributed by atoms with E-state index in [1.165, 1.54) is 0 Å². The van der Waals surface area contributed by atoms with E-state index < -0.39 is 17.7 Å². The Morgan fingerprint density at radius 2 is 1.82 bits per heavy atom. The molecule has 4 rings (SSSR count). The van der Waals surface area contributed by atoms with E-state index in [-0.39, 0.29) is 0 Å². The van der Waals surface area contributed by atoms with Crippen molar-refractivity contribution in [3.8, 4) is 11.1 Å². The lowest BCUT2D eigenvalue weighted by atomic mass is 9.87. The third-order valence-corrected chi connectivity index (χ3v) is 6.34. The van der Waals surface area contributed by atoms with Crippen LogP contribution in [-0.4, -0.2) is 41.9 Å². The van der Waals surface area contributed by atoms with Crippen LogP contribution in [0.5, 0.6) is 0 Å². The van der Waals surface area contributed by atoms with Crippen LogP contribution >= 0.6 is 0 Å². The van der Waals surface area contributed by atoms with Crippen LogP contribution in [0.25, 0.3) is 22.0 Å². The molecule has 1 N–H and O–H groups in total. The van der Waals surface area contributed by atoms with Crippen LogP contribution in [0.1, 0.15) is 49.3 Å². The van der Waals surface area contributed by atoms with Gasteiger partial charge in [-0.2, -0.15) is 0 Å². The molecule has 1 atom stereocenters. The molecule has 0 spiro atoms. The summed E-state index contributed by atoms with van der Waals surface area (Å²) in [5, 5.41) is 11.4. The van der Waals surface area contributed by atoms with Gasteiger partial charge in [0.2, 0.25) is 0 Å². The number of ether oxygens (including phenoxy) is 2. The number of carboxylic acids is 1. The van der Waals surface area contributed by atoms with Crippen molar-refractivity contribution >= 4 is 22.6 Å². The Hall–Kier alpha value is -2.83. The van der Waals surface area contributed by atoms with Gasteiger partial charge in [0.15, 0.2) is 6.10 Å². The Morgan fingerprint density at radius 3 is 2.39 bits per heavy atom. The number of carboxylic acid groups (broad SMARTS) is 1. The fourth-order valence-electron chi connectivity index (χ4n) is 4.98. The minimum absolute atomic E-state index is 0.500. The number of carbonyl (C=O) groups is 1. The van der Waals surface area contributed by atoms with Gasteiger partial charge in [0, 0.05) is 43.9 Å². The van der Waals surface area contributed by atoms with Gasteiger partial charge in [-0.25, -0.2) is 4.79 Å². The Bertz CT molecular complexity index is 1200. The first-order valence-electron chi connectivity index (χ1n) is 11.4. The summed E-state index contributed by atoms with van der Waals surface area (Å²) in [5.74, 6) is -0.983. The first kappa shape index (κ1) is 23.3. The standard InChI is InChI=1S/C27H34N2O4/c1-16-8-10-18(11-9-16)22-20-14-19(15-32-7)29-13-12-28(6)23(24(20)29)17(2)21(22)25(26(30)31)33-27(3,4)5/h8-11,14,25H,12-13,15H2,1-7H3,(H,30,31)/t25-/m0/s1. The van der Waals surface area contributed by atoms with Crippen LogP contribution in [0.3, 0.4) is 0 Å². The molecule has 2 aromatic carbocycles. The maximum absolute atomic E-state index is 12.6. The lowest BCUT2D eigenvalue weighted by Crippen LogP contribution is -2.31. The quantitative estimate of drug-likeness (QED) is 0.540. The van der Waals surface area contributed by atoms with E-state index in [1.807, 2.05) is 27.7 Å². The van der Waals surface area contributed by atoms with Crippen LogP contribution in [0.2, 0.25) is 0 Å². The molecule has 0 saturated carbocycles. The number of aromatic nitrogens is 1. The number of anilines is 1. The predicted molar refractivity (Wildman–Crippen MR) is 132 cm³/mol. The zero-order chi connectivity index (χ0) is 24.1. The van der Waals surface area contributed by atoms with E-state index in [9.17, 15) is 9.90 Å². The number of nitrogens with zero attached hydrogens (tertiary/aromatic N) is 2. The predicted octanol–water partition coefficient (Wildman–Crippen LogP) is 5.46. The molecule has 6 nitrogen and oxygen atoms in total. The second-order valence-electron chi connectivity index (χ2n) is 9.98. The molecule has 1 aromatic heterocycles. The van der Waals surface area contributed by atoms with E-state index >= 15 is 0 Å². The number of methoxy groups -OCH3 is 1. The van der Waals surface area contributed by atoms with Crippen molar-refractivity contribution in [1.82, 2.24) is 4.57 Å². The summed E-state index contributed by atoms with van der Waals surface area (Å²) in [6, 6.07) is 10.5. The highest BCUT2D eigenvalue weighted by Gasteiger charge is 2.35. The van der Waals surface area contributed by atoms with E-state index in [1.54, 1.807) is 7.11 Å². The van der Waals surface area contributed by atoms with Gasteiger partial charge in [0.25, 0.3) is 0 Å². The zero-order valence-corrected chi connectivity index (χ0v) is 20.7. The van der Waals surface area contributed by atoms with Crippen LogP contribution in [0.4, 0.5) is 5.69 Å². The summed E-state index contributed by atoms with van der Waals surface area (Å²) in [7, 11) is 3.78. The molecule has 0 amide bonds. The molecule has 1 aliphatic rings. The van der Waals surface area contributed by atoms with Crippen molar-refractivity contribution in [2.45, 2.75) is 59.5 Å². The maximum atomic E-state index is 12.6. The lowest BCUT2D eigenvalue weighted by Gasteiger charge is -2.34. The number of aliphatic carboxylic acids is 1. The molecule has 0 fully saturated rings. The Kier molecular flexibility index (Phi) is 6.01. The summed E-state index contributed by atoms with van der Waals surface area (Å²) in [5.41, 5.74) is 7.41. The summed E-state index contributed by atoms with van der Waals surface area (Å²) >= 11 is 0. The first-order valence-corrected chi connectivity index (χ1v) is 11.4. The molecule has 0 aliphatic carbocycles. The topological polar surface area (TPSA) is 63.9 Å². The van der Waals surface area contributed by atoms with Crippen molar-refractivity contribution in [2.75, 3.05) is 25.6 Å². The number of rotatable bonds is 6. The third kappa shape index (κ3) is 4.13. The van der Waals surface area contributed by atoms with Crippen LogP contribution in [-0.2, 0) is 27.4 Å². The fraction of sp³-hybridized carbons (Fsp3) is 0.444. The molecule has 1 aliphatic heterocycles. The number of hydrogen-bond acceptors (Lipinski definition) is 4. The van der Waals surface area contributed by atoms with Crippen LogP contribution in [0, 0.1) is 13.8 Å². The molecular weight excluding hydrogens is 416 g/mol. The molecule has 0 bridgehead atoms. The number of aryl methyl sites for hydroxylation is 1. The van der Waals surface area contributed by atoms with Gasteiger partial charge in [0.1, 0.15) is 0 Å². The van der Waals surface area contributed by atoms with Gasteiger partial charge in [-0.05, 0) is 57.4 Å². The van der Waals surface area contributed by atoms with Crippen LogP contribution < -0.4 is 4.90 Å². The third-order valence-electron chi connectivity index (χ3n) is 6.34. The van der Waals surface area contributed by atoms with Crippen molar-refractivity contribution in [2.24, 2.45) is 0 Å². The molecule has 0 radical (unpaired) electrons. The average molecular weight is 451 g/mol. The molecule has 3 aromatic rings. The van der Waals surface area contributed by atoms with E-state index in [0.29, 0.717) is 6.61 Å². The molecule has 0 unspecified atom stereocenters. The highest BCUT2D eigenvalue weighted by Crippen LogP contribution is 2.47. The Labute approximate surface area is 195 Å². The molecular formula is C27H34N2O4. The minimum atomic E-state index is -1.09. The van der Waals surface area contributed by atoms with Gasteiger partial charge in [0.05, 0.1) is 23.4 Å². The second kappa shape index (κ2) is 8.50. The largest absolute Gasteiger partial charge is 0.479 e. The summed E-state index contributed by atoms with van der Waals surface area (Å²) in [4.78, 5) is 14.8. The van der Waals surface area contributed by atoms with E-state index in [4.69, 9.17) is 9.47 Å². The van der Waals surface area contributed by atoms with Gasteiger partial charge >= 0.3 is 5.97 Å². The maximum Gasteiger partial charge on any atom is 0.337 e. The fourth-order valence-corrected chi connectivity index (χ4v) is 4.98. The second-order valence-corrected chi connectivity index (χ2v) is 9.98. The minimum Gasteiger partial charge on any atom is -0.479 e. The average Bonchev–Trinajstić information content (AvgIpc) is 3.08. The SMILES string of the molecule is COCc1cc2c(-c3ccc(C)cc3)c([C@H](OC(C)(C)C)C(=O)O)c(C)c3c2n1CCN3C. The van der Waals surface area contributed by atoms with Gasteiger partial charge in [-0.1, -0.05) is 29.8 Å². The Balaban J connectivity index is 2.16. The smallest absolute Gasteiger partial charge is 0.337 e. The van der Waals surface area contributed by atoms with Crippen molar-refractivity contribution in [3.63, 3.8) is 0 Å². The van der Waals surface area contributed by atoms with Crippen molar-refractivity contribution < 1.29 is 19.4 Å². The summed E-state index contributed by atoms with van der Waals surface area (Å²) in [6.45, 7) is 12.0. The van der Waals surface area contributed by atoms with Gasteiger partial charge in [-0.15, -0.1) is 0 Å². The van der Waals surface area contributed by atoms with Crippen LogP contribution in [0.15, 0.2) is 30.3 Å². The van der Waals surface area contributed by atoms with Crippen molar-refractivity contribution in [3.05, 3.63) is 52.7 Å². The number of benzene rings is 2. The highest BCUT2D eigenvalue weighted by molar-refractivity contribution is 6.07. The molecule has 0 saturated heterocycles. The highest BCUT2D eigenvalue weighted by atomic mass is 16.5. The van der Waals surface area contributed by atoms with Gasteiger partial charge in [-0.3, -0.25) is 0 Å². The first-order chi connectivity index (χ1) is 15.5. The zero-order valence-electron chi connectivity index (χ0n) is 20.7. The number of likely N-dealkylation sites (N-methyl/N-ethyl adjacent to an activating group) is 1.